The van der Waals surface area contributed by atoms with Crippen LogP contribution in [0.3, 0.4) is 0 Å². The normalized spacial score (nSPS) is 15.2. The van der Waals surface area contributed by atoms with Crippen molar-refractivity contribution in [1.29, 1.82) is 0 Å². The predicted octanol–water partition coefficient (Wildman–Crippen LogP) is 3.62. The van der Waals surface area contributed by atoms with Crippen LogP contribution in [-0.2, 0) is 19.1 Å². The average Bonchev–Trinajstić information content (AvgIpc) is 2.81. The topological polar surface area (TPSA) is 79.9 Å². The van der Waals surface area contributed by atoms with Gasteiger partial charge in [-0.1, -0.05) is 45.7 Å². The third-order valence-electron chi connectivity index (χ3n) is 5.25. The minimum absolute atomic E-state index is 0.0106. The highest BCUT2D eigenvalue weighted by Gasteiger charge is 2.22. The SMILES string of the molecule is COC(=O)CN[C@H](c1ccccc1Cl)c1cc(Br)ccc1NC(=O)CCN1CCOCC1. The van der Waals surface area contributed by atoms with Gasteiger partial charge in [-0.05, 0) is 35.4 Å². The molecule has 0 bridgehead atoms. The Balaban J connectivity index is 1.82. The minimum Gasteiger partial charge on any atom is -0.468 e. The van der Waals surface area contributed by atoms with Gasteiger partial charge < -0.3 is 14.8 Å². The third-order valence-corrected chi connectivity index (χ3v) is 6.09. The van der Waals surface area contributed by atoms with Crippen LogP contribution in [0.1, 0.15) is 23.6 Å². The lowest BCUT2D eigenvalue weighted by atomic mass is 9.96. The molecule has 1 aliphatic rings. The van der Waals surface area contributed by atoms with Crippen LogP contribution in [0.25, 0.3) is 0 Å². The Bertz CT molecular complexity index is 937. The number of rotatable bonds is 9. The first-order chi connectivity index (χ1) is 15.5. The van der Waals surface area contributed by atoms with Gasteiger partial charge in [-0.3, -0.25) is 19.8 Å². The highest BCUT2D eigenvalue weighted by atomic mass is 79.9. The number of ether oxygens (including phenoxy) is 2. The molecule has 3 rings (SSSR count). The van der Waals surface area contributed by atoms with Crippen LogP contribution in [0, 0.1) is 0 Å². The van der Waals surface area contributed by atoms with Crippen molar-refractivity contribution in [3.63, 3.8) is 0 Å². The average molecular weight is 525 g/mol. The number of halogens is 2. The molecular formula is C23H27BrClN3O4. The van der Waals surface area contributed by atoms with Crippen molar-refractivity contribution >= 4 is 45.1 Å². The molecule has 0 aliphatic carbocycles. The number of nitrogens with zero attached hydrogens (tertiary/aromatic N) is 1. The molecule has 0 aromatic heterocycles. The van der Waals surface area contributed by atoms with Crippen LogP contribution in [0.2, 0.25) is 5.02 Å². The van der Waals surface area contributed by atoms with Crippen LogP contribution < -0.4 is 10.6 Å². The van der Waals surface area contributed by atoms with Crippen molar-refractivity contribution in [3.05, 3.63) is 63.1 Å². The minimum atomic E-state index is -0.435. The molecule has 2 aromatic carbocycles. The lowest BCUT2D eigenvalue weighted by Gasteiger charge is -2.26. The molecule has 0 spiro atoms. The van der Waals surface area contributed by atoms with E-state index in [9.17, 15) is 9.59 Å². The molecule has 1 saturated heterocycles. The quantitative estimate of drug-likeness (QED) is 0.488. The fraction of sp³-hybridized carbons (Fsp3) is 0.391. The zero-order chi connectivity index (χ0) is 22.9. The number of methoxy groups -OCH3 is 1. The molecule has 0 unspecified atom stereocenters. The Morgan fingerprint density at radius 2 is 1.94 bits per heavy atom. The molecule has 2 aromatic rings. The number of anilines is 1. The van der Waals surface area contributed by atoms with Crippen LogP contribution in [0.15, 0.2) is 46.9 Å². The second-order valence-corrected chi connectivity index (χ2v) is 8.72. The number of carbonyl (C=O) groups excluding carboxylic acids is 2. The Morgan fingerprint density at radius 1 is 1.19 bits per heavy atom. The third kappa shape index (κ3) is 7.02. The lowest BCUT2D eigenvalue weighted by Crippen LogP contribution is -2.38. The molecular weight excluding hydrogens is 498 g/mol. The van der Waals surface area contributed by atoms with E-state index < -0.39 is 12.0 Å². The van der Waals surface area contributed by atoms with Gasteiger partial charge in [-0.25, -0.2) is 0 Å². The largest absolute Gasteiger partial charge is 0.468 e. The number of morpholine rings is 1. The van der Waals surface area contributed by atoms with E-state index in [0.29, 0.717) is 36.9 Å². The molecule has 1 amide bonds. The van der Waals surface area contributed by atoms with Gasteiger partial charge in [0, 0.05) is 41.2 Å². The maximum atomic E-state index is 12.7. The van der Waals surface area contributed by atoms with E-state index in [-0.39, 0.29) is 12.5 Å². The first-order valence-electron chi connectivity index (χ1n) is 10.4. The maximum absolute atomic E-state index is 12.7. The highest BCUT2D eigenvalue weighted by Crippen LogP contribution is 2.34. The molecule has 1 aliphatic heterocycles. The monoisotopic (exact) mass is 523 g/mol. The molecule has 0 radical (unpaired) electrons. The van der Waals surface area contributed by atoms with Gasteiger partial charge in [-0.2, -0.15) is 0 Å². The Hall–Kier alpha value is -1.97. The smallest absolute Gasteiger partial charge is 0.319 e. The summed E-state index contributed by atoms with van der Waals surface area (Å²) in [5, 5.41) is 6.80. The summed E-state index contributed by atoms with van der Waals surface area (Å²) in [7, 11) is 1.34. The molecule has 2 N–H and O–H groups in total. The van der Waals surface area contributed by atoms with Crippen molar-refractivity contribution in [2.75, 3.05) is 51.8 Å². The van der Waals surface area contributed by atoms with E-state index in [1.807, 2.05) is 36.4 Å². The second kappa shape index (κ2) is 12.3. The summed E-state index contributed by atoms with van der Waals surface area (Å²) in [5.74, 6) is -0.473. The molecule has 1 heterocycles. The number of amides is 1. The van der Waals surface area contributed by atoms with Crippen LogP contribution in [0.4, 0.5) is 5.69 Å². The van der Waals surface area contributed by atoms with Gasteiger partial charge in [0.15, 0.2) is 0 Å². The van der Waals surface area contributed by atoms with Gasteiger partial charge in [0.05, 0.1) is 32.9 Å². The summed E-state index contributed by atoms with van der Waals surface area (Å²) >= 11 is 10.00. The molecule has 1 fully saturated rings. The standard InChI is InChI=1S/C23H27BrClN3O4/c1-31-22(30)15-26-23(17-4-2-3-5-19(17)25)18-14-16(24)6-7-20(18)27-21(29)8-9-28-10-12-32-13-11-28/h2-7,14,23,26H,8-13,15H2,1H3,(H,27,29)/t23-/m1/s1. The van der Waals surface area contributed by atoms with Crippen molar-refractivity contribution in [1.82, 2.24) is 10.2 Å². The number of hydrogen-bond donors (Lipinski definition) is 2. The molecule has 9 heteroatoms. The fourth-order valence-electron chi connectivity index (χ4n) is 3.54. The molecule has 32 heavy (non-hydrogen) atoms. The van der Waals surface area contributed by atoms with Gasteiger partial charge in [0.1, 0.15) is 0 Å². The predicted molar refractivity (Wildman–Crippen MR) is 128 cm³/mol. The molecule has 7 nitrogen and oxygen atoms in total. The van der Waals surface area contributed by atoms with E-state index >= 15 is 0 Å². The number of nitrogens with one attached hydrogen (secondary N) is 2. The fourth-order valence-corrected chi connectivity index (χ4v) is 4.16. The van der Waals surface area contributed by atoms with Crippen LogP contribution in [0.5, 0.6) is 0 Å². The van der Waals surface area contributed by atoms with Gasteiger partial charge >= 0.3 is 5.97 Å². The van der Waals surface area contributed by atoms with Gasteiger partial charge in [-0.15, -0.1) is 0 Å². The zero-order valence-electron chi connectivity index (χ0n) is 17.9. The summed E-state index contributed by atoms with van der Waals surface area (Å²) in [5.41, 5.74) is 2.23. The Morgan fingerprint density at radius 3 is 2.66 bits per heavy atom. The van der Waals surface area contributed by atoms with E-state index in [4.69, 9.17) is 21.1 Å². The summed E-state index contributed by atoms with van der Waals surface area (Å²) in [4.78, 5) is 26.8. The number of benzene rings is 2. The van der Waals surface area contributed by atoms with E-state index in [2.05, 4.69) is 31.5 Å². The second-order valence-electron chi connectivity index (χ2n) is 7.40. The van der Waals surface area contributed by atoms with E-state index in [1.165, 1.54) is 7.11 Å². The lowest BCUT2D eigenvalue weighted by molar-refractivity contribution is -0.139. The molecule has 172 valence electrons. The van der Waals surface area contributed by atoms with Crippen LogP contribution >= 0.6 is 27.5 Å². The first-order valence-corrected chi connectivity index (χ1v) is 11.6. The maximum Gasteiger partial charge on any atom is 0.319 e. The summed E-state index contributed by atoms with van der Waals surface area (Å²) in [6.07, 6.45) is 0.377. The van der Waals surface area contributed by atoms with Crippen molar-refractivity contribution in [2.45, 2.75) is 12.5 Å². The van der Waals surface area contributed by atoms with Crippen molar-refractivity contribution in [3.8, 4) is 0 Å². The van der Waals surface area contributed by atoms with Gasteiger partial charge in [0.25, 0.3) is 0 Å². The Labute approximate surface area is 201 Å². The molecule has 1 atom stereocenters. The van der Waals surface area contributed by atoms with E-state index in [1.54, 1.807) is 6.07 Å². The van der Waals surface area contributed by atoms with Crippen molar-refractivity contribution in [2.24, 2.45) is 0 Å². The summed E-state index contributed by atoms with van der Waals surface area (Å²) in [6, 6.07) is 12.6. The number of hydrogen-bond acceptors (Lipinski definition) is 6. The van der Waals surface area contributed by atoms with Crippen LogP contribution in [-0.4, -0.2) is 63.3 Å². The number of carbonyl (C=O) groups is 2. The zero-order valence-corrected chi connectivity index (χ0v) is 20.2. The molecule has 0 saturated carbocycles. The summed E-state index contributed by atoms with van der Waals surface area (Å²) < 4.78 is 11.0. The first kappa shape index (κ1) is 24.7. The Kier molecular flexibility index (Phi) is 9.50. The highest BCUT2D eigenvalue weighted by molar-refractivity contribution is 9.10. The van der Waals surface area contributed by atoms with Crippen molar-refractivity contribution < 1.29 is 19.1 Å². The van der Waals surface area contributed by atoms with Gasteiger partial charge in [0.2, 0.25) is 5.91 Å². The number of esters is 1. The van der Waals surface area contributed by atoms with E-state index in [0.717, 1.165) is 28.7 Å². The summed E-state index contributed by atoms with van der Waals surface area (Å²) in [6.45, 7) is 3.73.